The smallest absolute Gasteiger partial charge is 0.231 e. The van der Waals surface area contributed by atoms with E-state index in [1.165, 1.54) is 40.6 Å². The fraction of sp³-hybridized carbons (Fsp3) is 0.478. The van der Waals surface area contributed by atoms with E-state index in [1.54, 1.807) is 12.5 Å². The highest BCUT2D eigenvalue weighted by molar-refractivity contribution is 5.87. The number of nitrogens with zero attached hydrogens (tertiary/aromatic N) is 4. The Morgan fingerprint density at radius 1 is 1.17 bits per heavy atom. The van der Waals surface area contributed by atoms with Crippen LogP contribution in [-0.2, 0) is 28.2 Å². The second kappa shape index (κ2) is 6.36. The molecule has 6 heteroatoms. The Hall–Kier alpha value is -2.28. The van der Waals surface area contributed by atoms with Crippen molar-refractivity contribution in [3.8, 4) is 0 Å². The van der Waals surface area contributed by atoms with Crippen LogP contribution in [0, 0.1) is 6.92 Å². The van der Waals surface area contributed by atoms with Crippen LogP contribution in [0.15, 0.2) is 36.8 Å². The quantitative estimate of drug-likeness (QED) is 0.687. The SMILES string of the molecule is Cc1ccc2c(c1)c1c(n2CC2(c3ccncn3)OCCO2)CC2CCC1N2C. The van der Waals surface area contributed by atoms with Crippen molar-refractivity contribution in [1.29, 1.82) is 0 Å². The summed E-state index contributed by atoms with van der Waals surface area (Å²) in [5.41, 5.74) is 6.33. The van der Waals surface area contributed by atoms with Gasteiger partial charge in [-0.25, -0.2) is 9.97 Å². The van der Waals surface area contributed by atoms with Crippen molar-refractivity contribution in [2.75, 3.05) is 20.3 Å². The van der Waals surface area contributed by atoms with E-state index in [1.807, 2.05) is 6.07 Å². The van der Waals surface area contributed by atoms with Crippen molar-refractivity contribution in [2.45, 2.75) is 50.6 Å². The number of rotatable bonds is 3. The summed E-state index contributed by atoms with van der Waals surface area (Å²) < 4.78 is 14.9. The van der Waals surface area contributed by atoms with Gasteiger partial charge < -0.3 is 14.0 Å². The van der Waals surface area contributed by atoms with E-state index in [9.17, 15) is 0 Å². The fourth-order valence-corrected chi connectivity index (χ4v) is 5.65. The summed E-state index contributed by atoms with van der Waals surface area (Å²) in [6, 6.07) is 9.86. The molecule has 3 aromatic rings. The lowest BCUT2D eigenvalue weighted by Gasteiger charge is -2.34. The number of ether oxygens (including phenoxy) is 2. The van der Waals surface area contributed by atoms with E-state index in [0.29, 0.717) is 31.8 Å². The minimum absolute atomic E-state index is 0.509. The Balaban J connectivity index is 1.55. The van der Waals surface area contributed by atoms with Gasteiger partial charge in [0.25, 0.3) is 0 Å². The van der Waals surface area contributed by atoms with Crippen LogP contribution in [0.1, 0.15) is 41.4 Å². The molecular formula is C23H26N4O2. The molecule has 6 rings (SSSR count). The summed E-state index contributed by atoms with van der Waals surface area (Å²) in [7, 11) is 2.29. The first kappa shape index (κ1) is 17.6. The molecular weight excluding hydrogens is 364 g/mol. The molecule has 3 aliphatic heterocycles. The van der Waals surface area contributed by atoms with E-state index < -0.39 is 5.79 Å². The number of likely N-dealkylation sites (N-methyl/N-ethyl adjacent to an activating group) is 1. The Kier molecular flexibility index (Phi) is 3.85. The minimum atomic E-state index is -0.851. The molecule has 1 aromatic carbocycles. The zero-order chi connectivity index (χ0) is 19.6. The predicted molar refractivity (Wildman–Crippen MR) is 110 cm³/mol. The second-order valence-corrected chi connectivity index (χ2v) is 8.63. The summed E-state index contributed by atoms with van der Waals surface area (Å²) in [4.78, 5) is 11.1. The van der Waals surface area contributed by atoms with Crippen molar-refractivity contribution >= 4 is 10.9 Å². The van der Waals surface area contributed by atoms with Crippen LogP contribution in [0.3, 0.4) is 0 Å². The second-order valence-electron chi connectivity index (χ2n) is 8.63. The molecule has 6 nitrogen and oxygen atoms in total. The largest absolute Gasteiger partial charge is 0.341 e. The van der Waals surface area contributed by atoms with Crippen LogP contribution in [0.25, 0.3) is 10.9 Å². The molecule has 2 saturated heterocycles. The maximum atomic E-state index is 6.21. The first-order chi connectivity index (χ1) is 14.2. The first-order valence-corrected chi connectivity index (χ1v) is 10.5. The van der Waals surface area contributed by atoms with Crippen LogP contribution < -0.4 is 0 Å². The minimum Gasteiger partial charge on any atom is -0.341 e. The Bertz CT molecular complexity index is 1070. The molecule has 0 amide bonds. The zero-order valence-corrected chi connectivity index (χ0v) is 17.0. The van der Waals surface area contributed by atoms with Crippen molar-refractivity contribution < 1.29 is 9.47 Å². The summed E-state index contributed by atoms with van der Waals surface area (Å²) in [5, 5.41) is 1.38. The molecule has 0 N–H and O–H groups in total. The highest BCUT2D eigenvalue weighted by Crippen LogP contribution is 2.48. The van der Waals surface area contributed by atoms with Crippen LogP contribution >= 0.6 is 0 Å². The fourth-order valence-electron chi connectivity index (χ4n) is 5.65. The van der Waals surface area contributed by atoms with Gasteiger partial charge in [-0.1, -0.05) is 11.6 Å². The predicted octanol–water partition coefficient (Wildman–Crippen LogP) is 3.33. The molecule has 2 fully saturated rings. The highest BCUT2D eigenvalue weighted by atomic mass is 16.7. The molecule has 29 heavy (non-hydrogen) atoms. The molecule has 150 valence electrons. The van der Waals surface area contributed by atoms with Gasteiger partial charge in [0.1, 0.15) is 12.0 Å². The van der Waals surface area contributed by atoms with E-state index in [0.717, 1.165) is 12.1 Å². The van der Waals surface area contributed by atoms with E-state index in [-0.39, 0.29) is 0 Å². The van der Waals surface area contributed by atoms with Crippen LogP contribution in [0.5, 0.6) is 0 Å². The molecule has 0 saturated carbocycles. The molecule has 2 aromatic heterocycles. The van der Waals surface area contributed by atoms with Crippen molar-refractivity contribution in [3.63, 3.8) is 0 Å². The third kappa shape index (κ3) is 2.52. The average Bonchev–Trinajstić information content (AvgIpc) is 3.38. The van der Waals surface area contributed by atoms with Gasteiger partial charge >= 0.3 is 0 Å². The van der Waals surface area contributed by atoms with Gasteiger partial charge in [-0.3, -0.25) is 4.90 Å². The molecule has 3 aliphatic rings. The van der Waals surface area contributed by atoms with E-state index in [2.05, 4.69) is 51.6 Å². The highest BCUT2D eigenvalue weighted by Gasteiger charge is 2.45. The molecule has 5 heterocycles. The first-order valence-electron chi connectivity index (χ1n) is 10.5. The standard InChI is InChI=1S/C23H26N4O2/c1-15-3-5-18-17(11-15)22-19-6-4-16(26(19)2)12-20(22)27(18)13-23(28-9-10-29-23)21-7-8-24-14-25-21/h3,5,7-8,11,14,16,19H,4,6,9-10,12-13H2,1-2H3. The number of aryl methyl sites for hydroxylation is 1. The number of fused-ring (bicyclic) bond motifs is 6. The lowest BCUT2D eigenvalue weighted by molar-refractivity contribution is -0.178. The number of aromatic nitrogens is 3. The van der Waals surface area contributed by atoms with Gasteiger partial charge in [-0.15, -0.1) is 0 Å². The van der Waals surface area contributed by atoms with Crippen molar-refractivity contribution in [3.05, 3.63) is 59.3 Å². The van der Waals surface area contributed by atoms with Gasteiger partial charge in [0.2, 0.25) is 5.79 Å². The van der Waals surface area contributed by atoms with Crippen LogP contribution in [-0.4, -0.2) is 45.7 Å². The Morgan fingerprint density at radius 2 is 2.03 bits per heavy atom. The lowest BCUT2D eigenvalue weighted by Crippen LogP contribution is -2.37. The van der Waals surface area contributed by atoms with Gasteiger partial charge in [-0.05, 0) is 50.6 Å². The van der Waals surface area contributed by atoms with Gasteiger partial charge in [0.15, 0.2) is 0 Å². The number of hydrogen-bond donors (Lipinski definition) is 0. The summed E-state index contributed by atoms with van der Waals surface area (Å²) >= 11 is 0. The molecule has 2 bridgehead atoms. The lowest BCUT2D eigenvalue weighted by atomic mass is 9.97. The average molecular weight is 390 g/mol. The van der Waals surface area contributed by atoms with Crippen molar-refractivity contribution in [1.82, 2.24) is 19.4 Å². The Labute approximate surface area is 170 Å². The topological polar surface area (TPSA) is 52.4 Å². The molecule has 0 aliphatic carbocycles. The van der Waals surface area contributed by atoms with E-state index in [4.69, 9.17) is 9.47 Å². The molecule has 0 radical (unpaired) electrons. The summed E-state index contributed by atoms with van der Waals surface area (Å²) in [6.45, 7) is 3.96. The van der Waals surface area contributed by atoms with Gasteiger partial charge in [0, 0.05) is 41.3 Å². The molecule has 2 atom stereocenters. The Morgan fingerprint density at radius 3 is 2.83 bits per heavy atom. The van der Waals surface area contributed by atoms with Crippen LogP contribution in [0.2, 0.25) is 0 Å². The third-order valence-electron chi connectivity index (χ3n) is 7.07. The van der Waals surface area contributed by atoms with Crippen molar-refractivity contribution in [2.24, 2.45) is 0 Å². The monoisotopic (exact) mass is 390 g/mol. The van der Waals surface area contributed by atoms with Gasteiger partial charge in [-0.2, -0.15) is 0 Å². The zero-order valence-electron chi connectivity index (χ0n) is 17.0. The number of hydrogen-bond acceptors (Lipinski definition) is 5. The number of benzene rings is 1. The molecule has 0 spiro atoms. The van der Waals surface area contributed by atoms with Gasteiger partial charge in [0.05, 0.1) is 19.8 Å². The maximum absolute atomic E-state index is 6.21. The van der Waals surface area contributed by atoms with E-state index >= 15 is 0 Å². The summed E-state index contributed by atoms with van der Waals surface area (Å²) in [6.07, 6.45) is 6.93. The molecule has 2 unspecified atom stereocenters. The normalized spacial score (nSPS) is 25.6. The summed E-state index contributed by atoms with van der Waals surface area (Å²) in [5.74, 6) is -0.851. The maximum Gasteiger partial charge on any atom is 0.231 e. The van der Waals surface area contributed by atoms with Crippen LogP contribution in [0.4, 0.5) is 0 Å². The third-order valence-corrected chi connectivity index (χ3v) is 7.07.